The molecule has 6 nitrogen and oxygen atoms in total. The molecule has 0 radical (unpaired) electrons. The minimum atomic E-state index is -0.254. The number of benzene rings is 1. The molecule has 25 heavy (non-hydrogen) atoms. The van der Waals surface area contributed by atoms with Gasteiger partial charge in [-0.2, -0.15) is 0 Å². The first-order valence-electron chi connectivity index (χ1n) is 8.68. The average Bonchev–Trinajstić information content (AvgIpc) is 2.55. The van der Waals surface area contributed by atoms with E-state index in [0.717, 1.165) is 19.3 Å². The van der Waals surface area contributed by atoms with Gasteiger partial charge in [-0.3, -0.25) is 4.79 Å². The summed E-state index contributed by atoms with van der Waals surface area (Å²) in [6, 6.07) is 6.88. The van der Waals surface area contributed by atoms with Gasteiger partial charge in [-0.1, -0.05) is 12.8 Å². The molecule has 5 N–H and O–H groups in total. The fourth-order valence-corrected chi connectivity index (χ4v) is 3.07. The van der Waals surface area contributed by atoms with E-state index in [-0.39, 0.29) is 36.4 Å². The van der Waals surface area contributed by atoms with Gasteiger partial charge in [-0.15, -0.1) is 12.4 Å². The van der Waals surface area contributed by atoms with Gasteiger partial charge in [-0.05, 0) is 63.4 Å². The van der Waals surface area contributed by atoms with Crippen molar-refractivity contribution in [3.8, 4) is 0 Å². The first-order valence-corrected chi connectivity index (χ1v) is 8.68. The van der Waals surface area contributed by atoms with Crippen molar-refractivity contribution in [2.45, 2.75) is 51.6 Å². The van der Waals surface area contributed by atoms with Crippen LogP contribution in [0.4, 0.5) is 10.5 Å². The Morgan fingerprint density at radius 1 is 1.16 bits per heavy atom. The van der Waals surface area contributed by atoms with Crippen LogP contribution in [0.15, 0.2) is 24.3 Å². The minimum Gasteiger partial charge on any atom is -0.349 e. The zero-order valence-corrected chi connectivity index (χ0v) is 15.7. The van der Waals surface area contributed by atoms with E-state index in [1.165, 1.54) is 6.42 Å². The molecule has 0 aromatic heterocycles. The molecular formula is C18H29ClN4O2. The lowest BCUT2D eigenvalue weighted by atomic mass is 9.84. The van der Waals surface area contributed by atoms with Gasteiger partial charge in [0.25, 0.3) is 5.91 Å². The predicted octanol–water partition coefficient (Wildman–Crippen LogP) is 2.89. The number of halogens is 1. The summed E-state index contributed by atoms with van der Waals surface area (Å²) >= 11 is 0. The zero-order chi connectivity index (χ0) is 17.5. The van der Waals surface area contributed by atoms with E-state index in [9.17, 15) is 9.59 Å². The SMILES string of the molecule is CC(C)NC(=O)Nc1ccc(C(=O)NC2CCCCC2CN)cc1.Cl. The van der Waals surface area contributed by atoms with Crippen LogP contribution in [0, 0.1) is 5.92 Å². The van der Waals surface area contributed by atoms with Gasteiger partial charge in [0.2, 0.25) is 0 Å². The smallest absolute Gasteiger partial charge is 0.319 e. The van der Waals surface area contributed by atoms with E-state index in [1.54, 1.807) is 24.3 Å². The molecule has 0 heterocycles. The maximum absolute atomic E-state index is 12.4. The largest absolute Gasteiger partial charge is 0.349 e. The number of rotatable bonds is 5. The van der Waals surface area contributed by atoms with E-state index >= 15 is 0 Å². The third kappa shape index (κ3) is 6.55. The highest BCUT2D eigenvalue weighted by Gasteiger charge is 2.25. The lowest BCUT2D eigenvalue weighted by Crippen LogP contribution is -2.44. The molecule has 2 unspecified atom stereocenters. The summed E-state index contributed by atoms with van der Waals surface area (Å²) in [6.07, 6.45) is 4.39. The van der Waals surface area contributed by atoms with Crippen LogP contribution in [0.1, 0.15) is 49.9 Å². The normalized spacial score (nSPS) is 19.7. The fraction of sp³-hybridized carbons (Fsp3) is 0.556. The van der Waals surface area contributed by atoms with Gasteiger partial charge in [-0.25, -0.2) is 4.79 Å². The Morgan fingerprint density at radius 3 is 2.40 bits per heavy atom. The van der Waals surface area contributed by atoms with Crippen molar-refractivity contribution in [3.63, 3.8) is 0 Å². The number of amides is 3. The van der Waals surface area contributed by atoms with Crippen LogP contribution in [-0.4, -0.2) is 30.6 Å². The van der Waals surface area contributed by atoms with E-state index in [2.05, 4.69) is 16.0 Å². The van der Waals surface area contributed by atoms with Crippen molar-refractivity contribution in [1.29, 1.82) is 0 Å². The van der Waals surface area contributed by atoms with Crippen LogP contribution in [0.2, 0.25) is 0 Å². The highest BCUT2D eigenvalue weighted by atomic mass is 35.5. The van der Waals surface area contributed by atoms with Gasteiger partial charge in [0, 0.05) is 23.3 Å². The standard InChI is InChI=1S/C18H28N4O2.ClH/c1-12(2)20-18(24)21-15-9-7-13(8-10-15)17(23)22-16-6-4-3-5-14(16)11-19;/h7-10,12,14,16H,3-6,11,19H2,1-2H3,(H,22,23)(H2,20,21,24);1H. The summed E-state index contributed by atoms with van der Waals surface area (Å²) in [5.41, 5.74) is 7.06. The Morgan fingerprint density at radius 2 is 1.80 bits per heavy atom. The van der Waals surface area contributed by atoms with Crippen molar-refractivity contribution in [2.75, 3.05) is 11.9 Å². The quantitative estimate of drug-likeness (QED) is 0.643. The molecule has 7 heteroatoms. The van der Waals surface area contributed by atoms with Crippen molar-refractivity contribution in [3.05, 3.63) is 29.8 Å². The molecule has 0 spiro atoms. The van der Waals surface area contributed by atoms with Crippen LogP contribution >= 0.6 is 12.4 Å². The first kappa shape index (κ1) is 21.3. The summed E-state index contributed by atoms with van der Waals surface area (Å²) in [5, 5.41) is 8.60. The van der Waals surface area contributed by atoms with Crippen LogP contribution in [0.25, 0.3) is 0 Å². The van der Waals surface area contributed by atoms with Crippen molar-refractivity contribution in [2.24, 2.45) is 11.7 Å². The maximum atomic E-state index is 12.4. The highest BCUT2D eigenvalue weighted by Crippen LogP contribution is 2.24. The lowest BCUT2D eigenvalue weighted by Gasteiger charge is -2.31. The Hall–Kier alpha value is -1.79. The van der Waals surface area contributed by atoms with Crippen molar-refractivity contribution >= 4 is 30.0 Å². The molecule has 1 aliphatic carbocycles. The number of hydrogen-bond acceptors (Lipinski definition) is 3. The number of carbonyl (C=O) groups is 2. The second-order valence-electron chi connectivity index (χ2n) is 6.69. The number of nitrogens with one attached hydrogen (secondary N) is 3. The Balaban J connectivity index is 0.00000312. The molecule has 1 aromatic carbocycles. The Bertz CT molecular complexity index is 563. The van der Waals surface area contributed by atoms with Crippen LogP contribution < -0.4 is 21.7 Å². The molecule has 2 rings (SSSR count). The van der Waals surface area contributed by atoms with E-state index in [4.69, 9.17) is 5.73 Å². The third-order valence-electron chi connectivity index (χ3n) is 4.35. The molecular weight excluding hydrogens is 340 g/mol. The average molecular weight is 369 g/mol. The van der Waals surface area contributed by atoms with Crippen LogP contribution in [-0.2, 0) is 0 Å². The van der Waals surface area contributed by atoms with Gasteiger partial charge < -0.3 is 21.7 Å². The molecule has 1 aliphatic rings. The van der Waals surface area contributed by atoms with E-state index in [0.29, 0.717) is 23.7 Å². The number of carbonyl (C=O) groups excluding carboxylic acids is 2. The van der Waals surface area contributed by atoms with E-state index < -0.39 is 0 Å². The molecule has 3 amide bonds. The molecule has 1 saturated carbocycles. The highest BCUT2D eigenvalue weighted by molar-refractivity contribution is 5.95. The molecule has 1 aromatic rings. The maximum Gasteiger partial charge on any atom is 0.319 e. The van der Waals surface area contributed by atoms with Gasteiger partial charge in [0.15, 0.2) is 0 Å². The molecule has 140 valence electrons. The summed E-state index contributed by atoms with van der Waals surface area (Å²) in [7, 11) is 0. The number of urea groups is 1. The van der Waals surface area contributed by atoms with Gasteiger partial charge in [0.05, 0.1) is 0 Å². The monoisotopic (exact) mass is 368 g/mol. The van der Waals surface area contributed by atoms with Crippen LogP contribution in [0.3, 0.4) is 0 Å². The predicted molar refractivity (Wildman–Crippen MR) is 103 cm³/mol. The lowest BCUT2D eigenvalue weighted by molar-refractivity contribution is 0.0908. The first-order chi connectivity index (χ1) is 11.5. The summed E-state index contributed by atoms with van der Waals surface area (Å²) in [5.74, 6) is 0.280. The molecule has 0 aliphatic heterocycles. The molecule has 0 bridgehead atoms. The fourth-order valence-electron chi connectivity index (χ4n) is 3.07. The zero-order valence-electron chi connectivity index (χ0n) is 14.9. The molecule has 0 saturated heterocycles. The van der Waals surface area contributed by atoms with Gasteiger partial charge >= 0.3 is 6.03 Å². The summed E-state index contributed by atoms with van der Waals surface area (Å²) < 4.78 is 0. The van der Waals surface area contributed by atoms with E-state index in [1.807, 2.05) is 13.8 Å². The Kier molecular flexibility index (Phi) is 8.72. The van der Waals surface area contributed by atoms with Crippen molar-refractivity contribution < 1.29 is 9.59 Å². The molecule has 1 fully saturated rings. The van der Waals surface area contributed by atoms with Crippen molar-refractivity contribution in [1.82, 2.24) is 10.6 Å². The van der Waals surface area contributed by atoms with Gasteiger partial charge in [0.1, 0.15) is 0 Å². The summed E-state index contributed by atoms with van der Waals surface area (Å²) in [6.45, 7) is 4.40. The topological polar surface area (TPSA) is 96.2 Å². The minimum absolute atomic E-state index is 0. The second-order valence-corrected chi connectivity index (χ2v) is 6.69. The van der Waals surface area contributed by atoms with Crippen LogP contribution in [0.5, 0.6) is 0 Å². The third-order valence-corrected chi connectivity index (χ3v) is 4.35. The Labute approximate surface area is 155 Å². The number of hydrogen-bond donors (Lipinski definition) is 4. The molecule has 2 atom stereocenters. The summed E-state index contributed by atoms with van der Waals surface area (Å²) in [4.78, 5) is 24.1. The second kappa shape index (κ2) is 10.3. The number of nitrogens with two attached hydrogens (primary N) is 1. The number of anilines is 1.